The largest absolute Gasteiger partial charge is 0.476 e. The zero-order valence-corrected chi connectivity index (χ0v) is 10.7. The summed E-state index contributed by atoms with van der Waals surface area (Å²) in [6, 6.07) is 0. The molecule has 0 spiro atoms. The molecular formula is C11H20N4O3. The van der Waals surface area contributed by atoms with Crippen molar-refractivity contribution in [2.45, 2.75) is 32.9 Å². The highest BCUT2D eigenvalue weighted by atomic mass is 16.4. The number of nitrogens with one attached hydrogen (secondary N) is 1. The molecule has 18 heavy (non-hydrogen) atoms. The van der Waals surface area contributed by atoms with Crippen LogP contribution in [0.15, 0.2) is 6.20 Å². The summed E-state index contributed by atoms with van der Waals surface area (Å²) in [7, 11) is 0. The predicted molar refractivity (Wildman–Crippen MR) is 65.3 cm³/mol. The van der Waals surface area contributed by atoms with Gasteiger partial charge in [0.05, 0.1) is 18.8 Å². The van der Waals surface area contributed by atoms with Gasteiger partial charge >= 0.3 is 5.97 Å². The number of hydrogen-bond donors (Lipinski definition) is 3. The zero-order valence-electron chi connectivity index (χ0n) is 10.7. The van der Waals surface area contributed by atoms with Gasteiger partial charge in [-0.15, -0.1) is 5.10 Å². The Bertz CT molecular complexity index is 378. The van der Waals surface area contributed by atoms with Crippen molar-refractivity contribution in [3.8, 4) is 0 Å². The van der Waals surface area contributed by atoms with Crippen LogP contribution < -0.4 is 5.32 Å². The molecule has 0 fully saturated rings. The van der Waals surface area contributed by atoms with Crippen molar-refractivity contribution in [1.82, 2.24) is 20.3 Å². The number of aliphatic hydroxyl groups excluding tert-OH is 1. The first kappa shape index (κ1) is 14.6. The van der Waals surface area contributed by atoms with E-state index < -0.39 is 5.97 Å². The van der Waals surface area contributed by atoms with Crippen molar-refractivity contribution in [3.05, 3.63) is 11.9 Å². The lowest BCUT2D eigenvalue weighted by Crippen LogP contribution is -2.30. The number of hydrogen-bond acceptors (Lipinski definition) is 5. The number of nitrogens with zero attached hydrogens (tertiary/aromatic N) is 3. The Morgan fingerprint density at radius 3 is 2.83 bits per heavy atom. The maximum atomic E-state index is 10.6. The van der Waals surface area contributed by atoms with E-state index in [9.17, 15) is 9.90 Å². The summed E-state index contributed by atoms with van der Waals surface area (Å²) in [5.41, 5.74) is -0.0603. The smallest absolute Gasteiger partial charge is 0.358 e. The maximum absolute atomic E-state index is 10.6. The van der Waals surface area contributed by atoms with E-state index in [0.29, 0.717) is 25.6 Å². The molecule has 0 aliphatic rings. The first-order valence-corrected chi connectivity index (χ1v) is 6.01. The van der Waals surface area contributed by atoms with Crippen molar-refractivity contribution in [2.24, 2.45) is 5.92 Å². The molecule has 1 aromatic heterocycles. The Morgan fingerprint density at radius 2 is 2.28 bits per heavy atom. The van der Waals surface area contributed by atoms with Crippen molar-refractivity contribution < 1.29 is 15.0 Å². The van der Waals surface area contributed by atoms with Crippen LogP contribution in [0, 0.1) is 5.92 Å². The summed E-state index contributed by atoms with van der Waals surface area (Å²) in [5, 5.41) is 28.6. The fourth-order valence-corrected chi connectivity index (χ4v) is 1.60. The Hall–Kier alpha value is -1.47. The van der Waals surface area contributed by atoms with Crippen LogP contribution in [0.1, 0.15) is 30.8 Å². The minimum Gasteiger partial charge on any atom is -0.476 e. The summed E-state index contributed by atoms with van der Waals surface area (Å²) in [4.78, 5) is 10.6. The highest BCUT2D eigenvalue weighted by molar-refractivity contribution is 5.84. The van der Waals surface area contributed by atoms with Crippen LogP contribution in [0.3, 0.4) is 0 Å². The Labute approximate surface area is 106 Å². The average molecular weight is 256 g/mol. The van der Waals surface area contributed by atoms with Crippen LogP contribution in [0.5, 0.6) is 0 Å². The van der Waals surface area contributed by atoms with Gasteiger partial charge in [-0.1, -0.05) is 19.1 Å². The van der Waals surface area contributed by atoms with Gasteiger partial charge in [0.2, 0.25) is 0 Å². The molecule has 7 nitrogen and oxygen atoms in total. The van der Waals surface area contributed by atoms with Gasteiger partial charge in [-0.25, -0.2) is 4.79 Å². The van der Waals surface area contributed by atoms with Crippen molar-refractivity contribution in [3.63, 3.8) is 0 Å². The molecule has 7 heteroatoms. The van der Waals surface area contributed by atoms with E-state index in [0.717, 1.165) is 6.42 Å². The van der Waals surface area contributed by atoms with Crippen molar-refractivity contribution in [1.29, 1.82) is 0 Å². The fourth-order valence-electron chi connectivity index (χ4n) is 1.60. The molecule has 0 saturated heterocycles. The number of carboxylic acids is 1. The lowest BCUT2D eigenvalue weighted by atomic mass is 10.1. The topological polar surface area (TPSA) is 100 Å². The molecule has 3 N–H and O–H groups in total. The van der Waals surface area contributed by atoms with E-state index in [1.54, 1.807) is 0 Å². The molecule has 102 valence electrons. The molecule has 1 unspecified atom stereocenters. The third-order valence-electron chi connectivity index (χ3n) is 2.40. The molecule has 0 bridgehead atoms. The lowest BCUT2D eigenvalue weighted by molar-refractivity contribution is 0.0690. The van der Waals surface area contributed by atoms with Gasteiger partial charge in [0, 0.05) is 13.1 Å². The van der Waals surface area contributed by atoms with Crippen LogP contribution in [0.25, 0.3) is 0 Å². The molecule has 0 aliphatic heterocycles. The van der Waals surface area contributed by atoms with E-state index in [4.69, 9.17) is 5.11 Å². The van der Waals surface area contributed by atoms with Gasteiger partial charge in [0.25, 0.3) is 0 Å². The van der Waals surface area contributed by atoms with E-state index in [2.05, 4.69) is 29.5 Å². The van der Waals surface area contributed by atoms with Gasteiger partial charge in [-0.3, -0.25) is 4.68 Å². The van der Waals surface area contributed by atoms with Crippen LogP contribution in [-0.4, -0.2) is 50.4 Å². The SMILES string of the molecule is CC(C)CC(O)CNCCn1cc(C(=O)O)nn1. The van der Waals surface area contributed by atoms with E-state index in [1.165, 1.54) is 10.9 Å². The molecule has 0 radical (unpaired) electrons. The van der Waals surface area contributed by atoms with E-state index in [-0.39, 0.29) is 11.8 Å². The number of aliphatic hydroxyl groups is 1. The lowest BCUT2D eigenvalue weighted by Gasteiger charge is -2.13. The summed E-state index contributed by atoms with van der Waals surface area (Å²) in [6.45, 7) is 5.78. The Kier molecular flexibility index (Phi) is 5.73. The summed E-state index contributed by atoms with van der Waals surface area (Å²) >= 11 is 0. The number of aromatic carboxylic acids is 1. The minimum absolute atomic E-state index is 0.0603. The molecule has 1 aromatic rings. The molecule has 0 amide bonds. The van der Waals surface area contributed by atoms with Gasteiger partial charge in [0.1, 0.15) is 0 Å². The normalized spacial score (nSPS) is 12.9. The number of carbonyl (C=O) groups is 1. The quantitative estimate of drug-likeness (QED) is 0.565. The summed E-state index contributed by atoms with van der Waals surface area (Å²) < 4.78 is 1.46. The second-order valence-corrected chi connectivity index (χ2v) is 4.66. The molecule has 0 aliphatic carbocycles. The predicted octanol–water partition coefficient (Wildman–Crippen LogP) is -0.0271. The standard InChI is InChI=1S/C11H20N4O3/c1-8(2)5-9(16)6-12-3-4-15-7-10(11(17)18)13-14-15/h7-9,12,16H,3-6H2,1-2H3,(H,17,18). The van der Waals surface area contributed by atoms with Crippen molar-refractivity contribution >= 4 is 5.97 Å². The van der Waals surface area contributed by atoms with Crippen molar-refractivity contribution in [2.75, 3.05) is 13.1 Å². The molecule has 1 heterocycles. The first-order valence-electron chi connectivity index (χ1n) is 6.01. The van der Waals surface area contributed by atoms with Crippen LogP contribution in [-0.2, 0) is 6.54 Å². The summed E-state index contributed by atoms with van der Waals surface area (Å²) in [5.74, 6) is -0.614. The van der Waals surface area contributed by atoms with Crippen LogP contribution in [0.2, 0.25) is 0 Å². The zero-order chi connectivity index (χ0) is 13.5. The summed E-state index contributed by atoms with van der Waals surface area (Å²) in [6.07, 6.45) is 1.80. The average Bonchev–Trinajstić information content (AvgIpc) is 2.72. The molecule has 0 saturated carbocycles. The second-order valence-electron chi connectivity index (χ2n) is 4.66. The van der Waals surface area contributed by atoms with E-state index >= 15 is 0 Å². The third-order valence-corrected chi connectivity index (χ3v) is 2.40. The Morgan fingerprint density at radius 1 is 1.56 bits per heavy atom. The maximum Gasteiger partial charge on any atom is 0.358 e. The molecule has 0 aromatic carbocycles. The van der Waals surface area contributed by atoms with E-state index in [1.807, 2.05) is 0 Å². The fraction of sp³-hybridized carbons (Fsp3) is 0.727. The first-order chi connectivity index (χ1) is 8.49. The molecular weight excluding hydrogens is 236 g/mol. The third kappa shape index (κ3) is 5.24. The van der Waals surface area contributed by atoms with Gasteiger partial charge in [-0.2, -0.15) is 0 Å². The molecule has 1 atom stereocenters. The molecule has 1 rings (SSSR count). The Balaban J connectivity index is 2.19. The van der Waals surface area contributed by atoms with Crippen LogP contribution >= 0.6 is 0 Å². The highest BCUT2D eigenvalue weighted by Crippen LogP contribution is 2.02. The number of carboxylic acid groups (broad SMARTS) is 1. The minimum atomic E-state index is -1.08. The monoisotopic (exact) mass is 256 g/mol. The highest BCUT2D eigenvalue weighted by Gasteiger charge is 2.08. The van der Waals surface area contributed by atoms with Gasteiger partial charge < -0.3 is 15.5 Å². The van der Waals surface area contributed by atoms with Crippen LogP contribution in [0.4, 0.5) is 0 Å². The second kappa shape index (κ2) is 7.07. The number of aromatic nitrogens is 3. The van der Waals surface area contributed by atoms with Gasteiger partial charge in [-0.05, 0) is 12.3 Å². The number of rotatable bonds is 8. The van der Waals surface area contributed by atoms with Gasteiger partial charge in [0.15, 0.2) is 5.69 Å².